The summed E-state index contributed by atoms with van der Waals surface area (Å²) in [6.45, 7) is 3.29. The fourth-order valence-electron chi connectivity index (χ4n) is 2.39. The molecule has 1 aliphatic rings. The molecule has 0 bridgehead atoms. The first-order valence-corrected chi connectivity index (χ1v) is 8.44. The number of amides is 1. The number of nitrogens with one attached hydrogen (secondary N) is 1. The van der Waals surface area contributed by atoms with E-state index in [1.54, 1.807) is 0 Å². The first-order chi connectivity index (χ1) is 10.6. The van der Waals surface area contributed by atoms with Gasteiger partial charge in [0, 0.05) is 6.20 Å². The molecule has 126 valence electrons. The van der Waals surface area contributed by atoms with E-state index in [4.69, 9.17) is 0 Å². The third-order valence-electron chi connectivity index (χ3n) is 3.67. The van der Waals surface area contributed by atoms with Gasteiger partial charge in [-0.25, -0.2) is 13.4 Å². The highest BCUT2D eigenvalue weighted by molar-refractivity contribution is 7.96. The van der Waals surface area contributed by atoms with Crippen LogP contribution in [0.4, 0.5) is 19.0 Å². The summed E-state index contributed by atoms with van der Waals surface area (Å²) in [5.41, 5.74) is -0.993. The molecule has 1 aromatic rings. The average Bonchev–Trinajstić information content (AvgIpc) is 3.00. The lowest BCUT2D eigenvalue weighted by Gasteiger charge is -2.13. The molecule has 1 N–H and O–H groups in total. The summed E-state index contributed by atoms with van der Waals surface area (Å²) in [6, 6.07) is 1.38. The van der Waals surface area contributed by atoms with Gasteiger partial charge in [-0.15, -0.1) is 0 Å². The summed E-state index contributed by atoms with van der Waals surface area (Å²) in [4.78, 5) is 14.9. The van der Waals surface area contributed by atoms with Gasteiger partial charge in [0.1, 0.15) is 10.7 Å². The van der Waals surface area contributed by atoms with Gasteiger partial charge in [-0.1, -0.05) is 19.4 Å². The van der Waals surface area contributed by atoms with Crippen LogP contribution in [0.2, 0.25) is 0 Å². The molecule has 1 saturated carbocycles. The second kappa shape index (κ2) is 6.31. The van der Waals surface area contributed by atoms with E-state index < -0.39 is 37.6 Å². The Kier molecular flexibility index (Phi) is 4.79. The van der Waals surface area contributed by atoms with Crippen molar-refractivity contribution in [2.75, 3.05) is 5.32 Å². The molecule has 0 spiro atoms. The standard InChI is InChI=1S/C14H15F3N2O3S/c1-9(23(21,22)11-4-2-3-5-11)13(20)19-12-8-10(6-7-18-12)14(15,16)17/h6-8,11H,1-5H2,(H,18,19,20). The number of hydrogen-bond acceptors (Lipinski definition) is 4. The number of rotatable bonds is 4. The SMILES string of the molecule is C=C(C(=O)Nc1cc(C(F)(F)F)ccn1)S(=O)(=O)C1CCCC1. The van der Waals surface area contributed by atoms with E-state index in [2.05, 4.69) is 16.9 Å². The van der Waals surface area contributed by atoms with E-state index in [1.165, 1.54) is 0 Å². The monoisotopic (exact) mass is 348 g/mol. The normalized spacial score (nSPS) is 16.3. The molecule has 5 nitrogen and oxygen atoms in total. The minimum Gasteiger partial charge on any atom is -0.306 e. The van der Waals surface area contributed by atoms with Crippen LogP contribution in [0.25, 0.3) is 0 Å². The first-order valence-electron chi connectivity index (χ1n) is 6.90. The van der Waals surface area contributed by atoms with E-state index in [9.17, 15) is 26.4 Å². The summed E-state index contributed by atoms with van der Waals surface area (Å²) in [7, 11) is -3.85. The van der Waals surface area contributed by atoms with Crippen LogP contribution in [0.1, 0.15) is 31.2 Å². The summed E-state index contributed by atoms with van der Waals surface area (Å²) in [5, 5.41) is 1.40. The first kappa shape index (κ1) is 17.5. The van der Waals surface area contributed by atoms with Crippen molar-refractivity contribution in [1.29, 1.82) is 0 Å². The van der Waals surface area contributed by atoms with Crippen molar-refractivity contribution in [2.24, 2.45) is 0 Å². The zero-order valence-electron chi connectivity index (χ0n) is 12.1. The highest BCUT2D eigenvalue weighted by atomic mass is 32.2. The minimum atomic E-state index is -4.59. The summed E-state index contributed by atoms with van der Waals surface area (Å²) in [6.07, 6.45) is -1.28. The molecule has 1 fully saturated rings. The highest BCUT2D eigenvalue weighted by Gasteiger charge is 2.35. The molecule has 1 amide bonds. The molecule has 0 atom stereocenters. The molecular weight excluding hydrogens is 333 g/mol. The van der Waals surface area contributed by atoms with E-state index in [-0.39, 0.29) is 5.82 Å². The van der Waals surface area contributed by atoms with E-state index in [0.29, 0.717) is 18.9 Å². The lowest BCUT2D eigenvalue weighted by atomic mass is 10.2. The van der Waals surface area contributed by atoms with Gasteiger partial charge >= 0.3 is 6.18 Å². The second-order valence-corrected chi connectivity index (χ2v) is 7.51. The quantitative estimate of drug-likeness (QED) is 0.849. The number of sulfone groups is 1. The van der Waals surface area contributed by atoms with Crippen molar-refractivity contribution in [2.45, 2.75) is 37.1 Å². The van der Waals surface area contributed by atoms with Crippen molar-refractivity contribution in [3.05, 3.63) is 35.4 Å². The minimum absolute atomic E-state index is 0.382. The molecule has 0 aromatic carbocycles. The molecule has 9 heteroatoms. The Balaban J connectivity index is 2.14. The van der Waals surface area contributed by atoms with Gasteiger partial charge in [-0.3, -0.25) is 4.79 Å². The second-order valence-electron chi connectivity index (χ2n) is 5.26. The van der Waals surface area contributed by atoms with Crippen LogP contribution in [-0.2, 0) is 20.8 Å². The molecule has 0 unspecified atom stereocenters. The Labute approximate surface area is 131 Å². The van der Waals surface area contributed by atoms with Gasteiger partial charge < -0.3 is 5.32 Å². The molecule has 1 aliphatic carbocycles. The fourth-order valence-corrected chi connectivity index (χ4v) is 4.06. The third-order valence-corrected chi connectivity index (χ3v) is 5.89. The largest absolute Gasteiger partial charge is 0.416 e. The molecular formula is C14H15F3N2O3S. The number of aromatic nitrogens is 1. The summed E-state index contributed by atoms with van der Waals surface area (Å²) in [5.74, 6) is -1.45. The molecule has 23 heavy (non-hydrogen) atoms. The van der Waals surface area contributed by atoms with Crippen molar-refractivity contribution in [3.63, 3.8) is 0 Å². The van der Waals surface area contributed by atoms with Gasteiger partial charge in [0.25, 0.3) is 5.91 Å². The van der Waals surface area contributed by atoms with Gasteiger partial charge in [-0.05, 0) is 25.0 Å². The van der Waals surface area contributed by atoms with Crippen LogP contribution < -0.4 is 5.32 Å². The summed E-state index contributed by atoms with van der Waals surface area (Å²) < 4.78 is 62.3. The average molecular weight is 348 g/mol. The fraction of sp³-hybridized carbons (Fsp3) is 0.429. The maximum absolute atomic E-state index is 12.6. The number of hydrogen-bond donors (Lipinski definition) is 1. The molecule has 1 heterocycles. The topological polar surface area (TPSA) is 76.1 Å². The van der Waals surface area contributed by atoms with Crippen LogP contribution in [-0.4, -0.2) is 24.6 Å². The number of halogens is 3. The zero-order valence-corrected chi connectivity index (χ0v) is 12.9. The molecule has 0 aliphatic heterocycles. The predicted octanol–water partition coefficient (Wildman–Crippen LogP) is 2.91. The Morgan fingerprint density at radius 2 is 1.91 bits per heavy atom. The molecule has 2 rings (SSSR count). The Hall–Kier alpha value is -1.90. The molecule has 0 saturated heterocycles. The number of carbonyl (C=O) groups is 1. The van der Waals surface area contributed by atoms with Crippen LogP contribution in [0.3, 0.4) is 0 Å². The number of carbonyl (C=O) groups excluding carboxylic acids is 1. The van der Waals surface area contributed by atoms with Crippen LogP contribution >= 0.6 is 0 Å². The van der Waals surface area contributed by atoms with Crippen molar-refractivity contribution < 1.29 is 26.4 Å². The predicted molar refractivity (Wildman–Crippen MR) is 78.2 cm³/mol. The smallest absolute Gasteiger partial charge is 0.306 e. The van der Waals surface area contributed by atoms with E-state index >= 15 is 0 Å². The van der Waals surface area contributed by atoms with Gasteiger partial charge in [0.05, 0.1) is 10.8 Å². The number of nitrogens with zero attached hydrogens (tertiary/aromatic N) is 1. The van der Waals surface area contributed by atoms with Gasteiger partial charge in [-0.2, -0.15) is 13.2 Å². The molecule has 0 radical (unpaired) electrons. The number of pyridine rings is 1. The van der Waals surface area contributed by atoms with Crippen molar-refractivity contribution >= 4 is 21.6 Å². The number of alkyl halides is 3. The van der Waals surface area contributed by atoms with Crippen molar-refractivity contribution in [3.8, 4) is 0 Å². The third kappa shape index (κ3) is 3.90. The van der Waals surface area contributed by atoms with E-state index in [0.717, 1.165) is 25.1 Å². The highest BCUT2D eigenvalue weighted by Crippen LogP contribution is 2.31. The lowest BCUT2D eigenvalue weighted by molar-refractivity contribution is -0.137. The van der Waals surface area contributed by atoms with Crippen LogP contribution in [0, 0.1) is 0 Å². The Morgan fingerprint density at radius 1 is 1.30 bits per heavy atom. The lowest BCUT2D eigenvalue weighted by Crippen LogP contribution is -2.27. The Morgan fingerprint density at radius 3 is 2.48 bits per heavy atom. The van der Waals surface area contributed by atoms with Gasteiger partial charge in [0.2, 0.25) is 0 Å². The number of anilines is 1. The van der Waals surface area contributed by atoms with Crippen LogP contribution in [0.5, 0.6) is 0 Å². The van der Waals surface area contributed by atoms with Crippen LogP contribution in [0.15, 0.2) is 29.8 Å². The van der Waals surface area contributed by atoms with Crippen molar-refractivity contribution in [1.82, 2.24) is 4.98 Å². The maximum Gasteiger partial charge on any atom is 0.416 e. The van der Waals surface area contributed by atoms with E-state index in [1.807, 2.05) is 0 Å². The maximum atomic E-state index is 12.6. The molecule has 1 aromatic heterocycles. The Bertz CT molecular complexity index is 723. The van der Waals surface area contributed by atoms with Gasteiger partial charge in [0.15, 0.2) is 9.84 Å². The summed E-state index contributed by atoms with van der Waals surface area (Å²) >= 11 is 0. The zero-order chi connectivity index (χ0) is 17.3.